The summed E-state index contributed by atoms with van der Waals surface area (Å²) in [5.74, 6) is 0. The zero-order valence-corrected chi connectivity index (χ0v) is 15.3. The minimum Gasteiger partial charge on any atom is -0.387 e. The van der Waals surface area contributed by atoms with Gasteiger partial charge in [-0.15, -0.1) is 0 Å². The highest BCUT2D eigenvalue weighted by Crippen LogP contribution is 2.30. The van der Waals surface area contributed by atoms with Crippen molar-refractivity contribution in [1.82, 2.24) is 4.72 Å². The van der Waals surface area contributed by atoms with Gasteiger partial charge in [0.15, 0.2) is 0 Å². The minimum absolute atomic E-state index is 0.280. The second-order valence-corrected chi connectivity index (χ2v) is 8.22. The van der Waals surface area contributed by atoms with Crippen molar-refractivity contribution in [3.63, 3.8) is 0 Å². The Hall–Kier alpha value is -2.10. The number of hydrogen-bond acceptors (Lipinski definition) is 4. The molecule has 2 aromatic rings. The number of benzene rings is 2. The van der Waals surface area contributed by atoms with Gasteiger partial charge in [-0.3, -0.25) is 0 Å². The van der Waals surface area contributed by atoms with Gasteiger partial charge >= 0.3 is 6.18 Å². The van der Waals surface area contributed by atoms with Gasteiger partial charge in [0.1, 0.15) is 0 Å². The van der Waals surface area contributed by atoms with Crippen LogP contribution in [-0.4, -0.2) is 33.7 Å². The van der Waals surface area contributed by atoms with E-state index in [0.29, 0.717) is 17.7 Å². The molecule has 146 valence electrons. The molecular weight excluding hydrogens is 381 g/mol. The number of halogens is 3. The third-order valence-electron chi connectivity index (χ3n) is 4.57. The van der Waals surface area contributed by atoms with Crippen molar-refractivity contribution in [3.05, 3.63) is 59.2 Å². The van der Waals surface area contributed by atoms with Gasteiger partial charge < -0.3 is 10.0 Å². The van der Waals surface area contributed by atoms with Gasteiger partial charge in [-0.25, -0.2) is 13.1 Å². The number of nitrogens with one attached hydrogen (secondary N) is 1. The molecule has 27 heavy (non-hydrogen) atoms. The van der Waals surface area contributed by atoms with Crippen LogP contribution in [0, 0.1) is 0 Å². The van der Waals surface area contributed by atoms with Crippen LogP contribution in [0.4, 0.5) is 18.9 Å². The standard InChI is InChI=1S/C18H19F3N2O3S/c1-23-9-8-12-10-13(2-7-16(12)23)17(24)11-22-27(25,26)15-5-3-14(4-6-15)18(19,20)21/h2-7,10,17,22,24H,8-9,11H2,1H3/t17-/m0/s1. The molecule has 1 atom stereocenters. The summed E-state index contributed by atoms with van der Waals surface area (Å²) in [5.41, 5.74) is 1.82. The van der Waals surface area contributed by atoms with Crippen LogP contribution < -0.4 is 9.62 Å². The Kier molecular flexibility index (Phi) is 5.20. The summed E-state index contributed by atoms with van der Waals surface area (Å²) in [4.78, 5) is 1.80. The van der Waals surface area contributed by atoms with Gasteiger partial charge in [-0.2, -0.15) is 13.2 Å². The monoisotopic (exact) mass is 400 g/mol. The van der Waals surface area contributed by atoms with Crippen LogP contribution in [0.2, 0.25) is 0 Å². The van der Waals surface area contributed by atoms with E-state index in [2.05, 4.69) is 9.62 Å². The smallest absolute Gasteiger partial charge is 0.387 e. The molecule has 1 aliphatic heterocycles. The number of nitrogens with zero attached hydrogens (tertiary/aromatic N) is 1. The summed E-state index contributed by atoms with van der Waals surface area (Å²) in [6.45, 7) is 0.605. The van der Waals surface area contributed by atoms with Crippen molar-refractivity contribution in [3.8, 4) is 0 Å². The second-order valence-electron chi connectivity index (χ2n) is 6.45. The Morgan fingerprint density at radius 3 is 2.48 bits per heavy atom. The first kappa shape index (κ1) is 19.7. The predicted octanol–water partition coefficient (Wildman–Crippen LogP) is 2.71. The van der Waals surface area contributed by atoms with Gasteiger partial charge in [0.2, 0.25) is 10.0 Å². The zero-order chi connectivity index (χ0) is 19.8. The molecule has 0 saturated heterocycles. The lowest BCUT2D eigenvalue weighted by molar-refractivity contribution is -0.137. The molecule has 0 saturated carbocycles. The number of rotatable bonds is 5. The quantitative estimate of drug-likeness (QED) is 0.810. The number of anilines is 1. The summed E-state index contributed by atoms with van der Waals surface area (Å²) < 4.78 is 64.5. The number of fused-ring (bicyclic) bond motifs is 1. The lowest BCUT2D eigenvalue weighted by Crippen LogP contribution is -2.28. The third-order valence-corrected chi connectivity index (χ3v) is 6.01. The number of hydrogen-bond donors (Lipinski definition) is 2. The highest BCUT2D eigenvalue weighted by atomic mass is 32.2. The molecule has 2 N–H and O–H groups in total. The Labute approximate surface area is 155 Å². The van der Waals surface area contributed by atoms with E-state index in [1.807, 2.05) is 19.2 Å². The van der Waals surface area contributed by atoms with Crippen LogP contribution >= 0.6 is 0 Å². The fraction of sp³-hybridized carbons (Fsp3) is 0.333. The van der Waals surface area contributed by atoms with E-state index in [0.717, 1.165) is 36.3 Å². The average molecular weight is 400 g/mol. The lowest BCUT2D eigenvalue weighted by Gasteiger charge is -2.16. The van der Waals surface area contributed by atoms with E-state index in [1.54, 1.807) is 6.07 Å². The molecular formula is C18H19F3N2O3S. The molecule has 0 aromatic heterocycles. The van der Waals surface area contributed by atoms with Crippen molar-refractivity contribution in [2.75, 3.05) is 25.0 Å². The fourth-order valence-corrected chi connectivity index (χ4v) is 4.05. The maximum atomic E-state index is 12.6. The first-order valence-electron chi connectivity index (χ1n) is 8.27. The molecule has 0 aliphatic carbocycles. The normalized spacial score (nSPS) is 15.7. The fourth-order valence-electron chi connectivity index (χ4n) is 3.01. The molecule has 0 fully saturated rings. The average Bonchev–Trinajstić information content (AvgIpc) is 2.99. The highest BCUT2D eigenvalue weighted by molar-refractivity contribution is 7.89. The van der Waals surface area contributed by atoms with E-state index in [1.165, 1.54) is 0 Å². The maximum absolute atomic E-state index is 12.6. The number of aliphatic hydroxyl groups is 1. The number of alkyl halides is 3. The molecule has 0 amide bonds. The minimum atomic E-state index is -4.53. The first-order chi connectivity index (χ1) is 12.6. The number of aliphatic hydroxyl groups excluding tert-OH is 1. The van der Waals surface area contributed by atoms with Crippen molar-refractivity contribution in [2.24, 2.45) is 0 Å². The van der Waals surface area contributed by atoms with Gasteiger partial charge in [0, 0.05) is 25.8 Å². The topological polar surface area (TPSA) is 69.6 Å². The molecule has 0 spiro atoms. The largest absolute Gasteiger partial charge is 0.416 e. The van der Waals surface area contributed by atoms with E-state index in [4.69, 9.17) is 0 Å². The molecule has 1 aliphatic rings. The molecule has 9 heteroatoms. The van der Waals surface area contributed by atoms with Gasteiger partial charge in [-0.05, 0) is 47.9 Å². The van der Waals surface area contributed by atoms with Gasteiger partial charge in [0.25, 0.3) is 0 Å². The summed E-state index contributed by atoms with van der Waals surface area (Å²) in [7, 11) is -2.06. The van der Waals surface area contributed by atoms with Crippen molar-refractivity contribution in [2.45, 2.75) is 23.6 Å². The SMILES string of the molecule is CN1CCc2cc([C@@H](O)CNS(=O)(=O)c3ccc(C(F)(F)F)cc3)ccc21. The molecule has 0 bridgehead atoms. The van der Waals surface area contributed by atoms with E-state index in [-0.39, 0.29) is 11.4 Å². The van der Waals surface area contributed by atoms with Crippen LogP contribution in [0.3, 0.4) is 0 Å². The molecule has 3 rings (SSSR count). The molecule has 0 unspecified atom stereocenters. The van der Waals surface area contributed by atoms with Crippen LogP contribution in [0.25, 0.3) is 0 Å². The van der Waals surface area contributed by atoms with Crippen LogP contribution in [0.5, 0.6) is 0 Å². The summed E-state index contributed by atoms with van der Waals surface area (Å²) in [6.07, 6.45) is -4.75. The van der Waals surface area contributed by atoms with Crippen molar-refractivity contribution < 1.29 is 26.7 Å². The molecule has 2 aromatic carbocycles. The summed E-state index contributed by atoms with van der Waals surface area (Å²) >= 11 is 0. The Morgan fingerprint density at radius 2 is 1.85 bits per heavy atom. The molecule has 5 nitrogen and oxygen atoms in total. The Morgan fingerprint density at radius 1 is 1.19 bits per heavy atom. The van der Waals surface area contributed by atoms with E-state index < -0.39 is 27.9 Å². The highest BCUT2D eigenvalue weighted by Gasteiger charge is 2.30. The van der Waals surface area contributed by atoms with Crippen molar-refractivity contribution in [1.29, 1.82) is 0 Å². The van der Waals surface area contributed by atoms with E-state index >= 15 is 0 Å². The Balaban J connectivity index is 1.68. The van der Waals surface area contributed by atoms with Crippen LogP contribution in [0.1, 0.15) is 22.8 Å². The maximum Gasteiger partial charge on any atom is 0.416 e. The van der Waals surface area contributed by atoms with E-state index in [9.17, 15) is 26.7 Å². The lowest BCUT2D eigenvalue weighted by atomic mass is 10.0. The summed E-state index contributed by atoms with van der Waals surface area (Å²) in [6, 6.07) is 8.66. The molecule has 0 radical (unpaired) electrons. The van der Waals surface area contributed by atoms with Crippen LogP contribution in [-0.2, 0) is 22.6 Å². The molecule has 1 heterocycles. The Bertz CT molecular complexity index is 928. The predicted molar refractivity (Wildman–Crippen MR) is 95.0 cm³/mol. The third kappa shape index (κ3) is 4.26. The number of likely N-dealkylation sites (N-methyl/N-ethyl adjacent to an activating group) is 1. The first-order valence-corrected chi connectivity index (χ1v) is 9.75. The van der Waals surface area contributed by atoms with Gasteiger partial charge in [-0.1, -0.05) is 12.1 Å². The zero-order valence-electron chi connectivity index (χ0n) is 14.5. The van der Waals surface area contributed by atoms with Gasteiger partial charge in [0.05, 0.1) is 16.6 Å². The van der Waals surface area contributed by atoms with Crippen LogP contribution in [0.15, 0.2) is 47.4 Å². The van der Waals surface area contributed by atoms with Crippen molar-refractivity contribution >= 4 is 15.7 Å². The second kappa shape index (κ2) is 7.14. The summed E-state index contributed by atoms with van der Waals surface area (Å²) in [5, 5.41) is 10.3. The number of sulfonamides is 1.